The zero-order valence-electron chi connectivity index (χ0n) is 9.92. The summed E-state index contributed by atoms with van der Waals surface area (Å²) in [5, 5.41) is 2.91. The third kappa shape index (κ3) is 2.35. The Kier molecular flexibility index (Phi) is 3.13. The maximum atomic E-state index is 11.2. The van der Waals surface area contributed by atoms with Crippen molar-refractivity contribution in [2.45, 2.75) is 26.7 Å². The minimum absolute atomic E-state index is 0.00829. The monoisotopic (exact) mass is 218 g/mol. The van der Waals surface area contributed by atoms with Crippen molar-refractivity contribution in [3.05, 3.63) is 23.8 Å². The molecule has 86 valence electrons. The minimum atomic E-state index is -0.00829. The van der Waals surface area contributed by atoms with E-state index in [1.54, 1.807) is 6.92 Å². The fourth-order valence-electron chi connectivity index (χ4n) is 2.17. The molecule has 1 aromatic carbocycles. The molecule has 3 heteroatoms. The Balaban J connectivity index is 2.30. The lowest BCUT2D eigenvalue weighted by Gasteiger charge is -2.21. The number of hydrogen-bond donors (Lipinski definition) is 1. The zero-order chi connectivity index (χ0) is 11.5. The van der Waals surface area contributed by atoms with Gasteiger partial charge in [0, 0.05) is 20.0 Å². The summed E-state index contributed by atoms with van der Waals surface area (Å²) in [7, 11) is 0. The van der Waals surface area contributed by atoms with E-state index >= 15 is 0 Å². The molecule has 1 amide bonds. The predicted molar refractivity (Wildman–Crippen MR) is 66.9 cm³/mol. The summed E-state index contributed by atoms with van der Waals surface area (Å²) in [5.41, 5.74) is 3.26. The fraction of sp³-hybridized carbons (Fsp3) is 0.462. The van der Waals surface area contributed by atoms with E-state index in [0.717, 1.165) is 24.5 Å². The summed E-state index contributed by atoms with van der Waals surface area (Å²) < 4.78 is 0. The van der Waals surface area contributed by atoms with Gasteiger partial charge in [0.25, 0.3) is 0 Å². The van der Waals surface area contributed by atoms with Gasteiger partial charge in [0.1, 0.15) is 0 Å². The number of benzene rings is 1. The number of carbonyl (C=O) groups excluding carboxylic acids is 1. The first kappa shape index (κ1) is 11.0. The second-order valence-electron chi connectivity index (χ2n) is 4.40. The number of amides is 1. The maximum Gasteiger partial charge on any atom is 0.221 e. The molecule has 1 N–H and O–H groups in total. The Labute approximate surface area is 96.5 Å². The van der Waals surface area contributed by atoms with Crippen molar-refractivity contribution in [1.29, 1.82) is 0 Å². The number of rotatable bonds is 2. The molecule has 0 aromatic heterocycles. The molecular weight excluding hydrogens is 200 g/mol. The van der Waals surface area contributed by atoms with Gasteiger partial charge in [-0.25, -0.2) is 0 Å². The first-order chi connectivity index (χ1) is 7.66. The van der Waals surface area contributed by atoms with Crippen LogP contribution in [-0.4, -0.2) is 19.0 Å². The molecule has 1 heterocycles. The molecule has 2 rings (SSSR count). The van der Waals surface area contributed by atoms with E-state index in [2.05, 4.69) is 22.3 Å². The van der Waals surface area contributed by atoms with Crippen molar-refractivity contribution in [2.75, 3.05) is 23.3 Å². The van der Waals surface area contributed by atoms with Gasteiger partial charge in [-0.15, -0.1) is 0 Å². The Morgan fingerprint density at radius 3 is 2.62 bits per heavy atom. The first-order valence-corrected chi connectivity index (χ1v) is 5.80. The van der Waals surface area contributed by atoms with E-state index < -0.39 is 0 Å². The van der Waals surface area contributed by atoms with Crippen molar-refractivity contribution in [1.82, 2.24) is 0 Å². The van der Waals surface area contributed by atoms with Crippen LogP contribution in [0.5, 0.6) is 0 Å². The number of carbonyl (C=O) groups is 1. The van der Waals surface area contributed by atoms with E-state index in [1.165, 1.54) is 18.4 Å². The van der Waals surface area contributed by atoms with Crippen LogP contribution in [0.15, 0.2) is 18.2 Å². The van der Waals surface area contributed by atoms with Crippen LogP contribution in [0.25, 0.3) is 0 Å². The van der Waals surface area contributed by atoms with E-state index in [1.807, 2.05) is 13.0 Å². The number of nitrogens with zero attached hydrogens (tertiary/aromatic N) is 1. The summed E-state index contributed by atoms with van der Waals surface area (Å²) in [5.74, 6) is -0.00829. The number of hydrogen-bond acceptors (Lipinski definition) is 2. The Hall–Kier alpha value is -1.51. The molecule has 0 saturated carbocycles. The average Bonchev–Trinajstić information content (AvgIpc) is 2.69. The van der Waals surface area contributed by atoms with Gasteiger partial charge in [0.05, 0.1) is 11.4 Å². The Morgan fingerprint density at radius 1 is 1.31 bits per heavy atom. The SMILES string of the molecule is CC(=O)Nc1cc(C)ccc1N1CCCC1. The third-order valence-corrected chi connectivity index (χ3v) is 2.91. The normalized spacial score (nSPS) is 15.2. The van der Waals surface area contributed by atoms with Crippen LogP contribution in [0.2, 0.25) is 0 Å². The highest BCUT2D eigenvalue weighted by atomic mass is 16.1. The van der Waals surface area contributed by atoms with Gasteiger partial charge >= 0.3 is 0 Å². The van der Waals surface area contributed by atoms with Crippen LogP contribution >= 0.6 is 0 Å². The maximum absolute atomic E-state index is 11.2. The third-order valence-electron chi connectivity index (χ3n) is 2.91. The number of nitrogens with one attached hydrogen (secondary N) is 1. The van der Waals surface area contributed by atoms with Crippen LogP contribution in [0.4, 0.5) is 11.4 Å². The molecule has 1 aliphatic heterocycles. The van der Waals surface area contributed by atoms with Gasteiger partial charge in [0.15, 0.2) is 0 Å². The Morgan fingerprint density at radius 2 is 2.00 bits per heavy atom. The molecular formula is C13H18N2O. The number of aryl methyl sites for hydroxylation is 1. The van der Waals surface area contributed by atoms with Crippen LogP contribution in [-0.2, 0) is 4.79 Å². The summed E-state index contributed by atoms with van der Waals surface area (Å²) in [4.78, 5) is 13.5. The molecule has 1 aromatic rings. The molecule has 1 aliphatic rings. The molecule has 0 spiro atoms. The second kappa shape index (κ2) is 4.56. The standard InChI is InChI=1S/C13H18N2O/c1-10-5-6-13(15-7-3-4-8-15)12(9-10)14-11(2)16/h5-6,9H,3-4,7-8H2,1-2H3,(H,14,16). The molecule has 0 atom stereocenters. The first-order valence-electron chi connectivity index (χ1n) is 5.80. The van der Waals surface area contributed by atoms with Gasteiger partial charge in [-0.2, -0.15) is 0 Å². The quantitative estimate of drug-likeness (QED) is 0.827. The van der Waals surface area contributed by atoms with Crippen molar-refractivity contribution in [2.24, 2.45) is 0 Å². The number of anilines is 2. The van der Waals surface area contributed by atoms with E-state index in [-0.39, 0.29) is 5.91 Å². The summed E-state index contributed by atoms with van der Waals surface area (Å²) >= 11 is 0. The van der Waals surface area contributed by atoms with Gasteiger partial charge in [-0.05, 0) is 37.5 Å². The van der Waals surface area contributed by atoms with Gasteiger partial charge in [-0.3, -0.25) is 4.79 Å². The molecule has 16 heavy (non-hydrogen) atoms. The molecule has 3 nitrogen and oxygen atoms in total. The molecule has 0 unspecified atom stereocenters. The molecule has 1 fully saturated rings. The van der Waals surface area contributed by atoms with Crippen LogP contribution in [0, 0.1) is 6.92 Å². The van der Waals surface area contributed by atoms with Crippen molar-refractivity contribution in [3.63, 3.8) is 0 Å². The second-order valence-corrected chi connectivity index (χ2v) is 4.40. The topological polar surface area (TPSA) is 32.3 Å². The van der Waals surface area contributed by atoms with Gasteiger partial charge < -0.3 is 10.2 Å². The van der Waals surface area contributed by atoms with Crippen LogP contribution < -0.4 is 10.2 Å². The van der Waals surface area contributed by atoms with Crippen LogP contribution in [0.1, 0.15) is 25.3 Å². The van der Waals surface area contributed by atoms with Crippen molar-refractivity contribution < 1.29 is 4.79 Å². The minimum Gasteiger partial charge on any atom is -0.370 e. The van der Waals surface area contributed by atoms with Crippen molar-refractivity contribution >= 4 is 17.3 Å². The summed E-state index contributed by atoms with van der Waals surface area (Å²) in [6.07, 6.45) is 2.49. The highest BCUT2D eigenvalue weighted by molar-refractivity contribution is 5.93. The lowest BCUT2D eigenvalue weighted by atomic mass is 10.1. The predicted octanol–water partition coefficient (Wildman–Crippen LogP) is 2.55. The lowest BCUT2D eigenvalue weighted by molar-refractivity contribution is -0.114. The highest BCUT2D eigenvalue weighted by Gasteiger charge is 2.16. The zero-order valence-corrected chi connectivity index (χ0v) is 9.92. The smallest absolute Gasteiger partial charge is 0.221 e. The largest absolute Gasteiger partial charge is 0.370 e. The van der Waals surface area contributed by atoms with Gasteiger partial charge in [0.2, 0.25) is 5.91 Å². The van der Waals surface area contributed by atoms with E-state index in [0.29, 0.717) is 0 Å². The lowest BCUT2D eigenvalue weighted by Crippen LogP contribution is -2.20. The Bertz CT molecular complexity index is 395. The van der Waals surface area contributed by atoms with Gasteiger partial charge in [-0.1, -0.05) is 6.07 Å². The highest BCUT2D eigenvalue weighted by Crippen LogP contribution is 2.29. The molecule has 0 bridgehead atoms. The molecule has 1 saturated heterocycles. The molecule has 0 aliphatic carbocycles. The van der Waals surface area contributed by atoms with Crippen LogP contribution in [0.3, 0.4) is 0 Å². The van der Waals surface area contributed by atoms with Crippen molar-refractivity contribution in [3.8, 4) is 0 Å². The van der Waals surface area contributed by atoms with E-state index in [9.17, 15) is 4.79 Å². The van der Waals surface area contributed by atoms with E-state index in [4.69, 9.17) is 0 Å². The summed E-state index contributed by atoms with van der Waals surface area (Å²) in [6, 6.07) is 6.24. The average molecular weight is 218 g/mol. The summed E-state index contributed by atoms with van der Waals surface area (Å²) in [6.45, 7) is 5.78. The molecule has 0 radical (unpaired) electrons. The fourth-order valence-corrected chi connectivity index (χ4v) is 2.17.